The molecule has 3 rings (SSSR count). The average Bonchev–Trinajstić information content (AvgIpc) is 2.71. The SMILES string of the molecule is CC(C)(C)OC(=O)Nc1ccc(B2OC(C)(C)C(C)(C)O2)c(S(=O)(=O)C2COC2)c1. The molecule has 0 atom stereocenters. The maximum Gasteiger partial charge on any atom is 0.496 e. The van der Waals surface area contributed by atoms with Crippen LogP contribution in [-0.2, 0) is 28.6 Å². The van der Waals surface area contributed by atoms with E-state index >= 15 is 0 Å². The number of ether oxygens (including phenoxy) is 2. The summed E-state index contributed by atoms with van der Waals surface area (Å²) < 4.78 is 49.0. The topological polar surface area (TPSA) is 100 Å². The van der Waals surface area contributed by atoms with Gasteiger partial charge in [-0.1, -0.05) is 6.07 Å². The van der Waals surface area contributed by atoms with Gasteiger partial charge in [0.1, 0.15) is 10.9 Å². The van der Waals surface area contributed by atoms with Gasteiger partial charge in [-0.05, 0) is 60.6 Å². The van der Waals surface area contributed by atoms with Gasteiger partial charge in [-0.2, -0.15) is 0 Å². The second kappa shape index (κ2) is 7.51. The number of anilines is 1. The van der Waals surface area contributed by atoms with E-state index in [0.29, 0.717) is 11.2 Å². The van der Waals surface area contributed by atoms with E-state index in [2.05, 4.69) is 5.32 Å². The molecule has 0 spiro atoms. The van der Waals surface area contributed by atoms with E-state index < -0.39 is 45.1 Å². The lowest BCUT2D eigenvalue weighted by molar-refractivity contribution is 0.00578. The van der Waals surface area contributed by atoms with Crippen molar-refractivity contribution in [2.75, 3.05) is 18.5 Å². The summed E-state index contributed by atoms with van der Waals surface area (Å²) in [5, 5.41) is 1.95. The molecule has 1 amide bonds. The van der Waals surface area contributed by atoms with Crippen LogP contribution in [0.5, 0.6) is 0 Å². The van der Waals surface area contributed by atoms with Crippen LogP contribution in [0.4, 0.5) is 10.5 Å². The molecule has 0 unspecified atom stereocenters. The molecule has 0 aliphatic carbocycles. The first kappa shape index (κ1) is 23.1. The average molecular weight is 439 g/mol. The first-order valence-electron chi connectivity index (χ1n) is 9.94. The fourth-order valence-corrected chi connectivity index (χ4v) is 4.71. The van der Waals surface area contributed by atoms with Crippen molar-refractivity contribution in [1.29, 1.82) is 0 Å². The second-order valence-electron chi connectivity index (χ2n) is 9.67. The predicted molar refractivity (Wildman–Crippen MR) is 114 cm³/mol. The third-order valence-corrected chi connectivity index (χ3v) is 7.64. The Hall–Kier alpha value is -1.62. The van der Waals surface area contributed by atoms with Gasteiger partial charge in [-0.3, -0.25) is 5.32 Å². The number of hydrogen-bond donors (Lipinski definition) is 1. The quantitative estimate of drug-likeness (QED) is 0.720. The van der Waals surface area contributed by atoms with Crippen LogP contribution in [0.3, 0.4) is 0 Å². The number of carbonyl (C=O) groups excluding carboxylic acids is 1. The fourth-order valence-electron chi connectivity index (χ4n) is 3.02. The second-order valence-corrected chi connectivity index (χ2v) is 11.9. The Labute approximate surface area is 178 Å². The van der Waals surface area contributed by atoms with Gasteiger partial charge in [0, 0.05) is 11.2 Å². The van der Waals surface area contributed by atoms with Crippen molar-refractivity contribution in [3.05, 3.63) is 18.2 Å². The zero-order valence-corrected chi connectivity index (χ0v) is 19.4. The molecular weight excluding hydrogens is 409 g/mol. The van der Waals surface area contributed by atoms with Crippen LogP contribution in [0.25, 0.3) is 0 Å². The molecule has 2 heterocycles. The monoisotopic (exact) mass is 439 g/mol. The van der Waals surface area contributed by atoms with Crippen molar-refractivity contribution < 1.29 is 32.0 Å². The molecule has 1 aromatic carbocycles. The fraction of sp³-hybridized carbons (Fsp3) is 0.650. The minimum Gasteiger partial charge on any atom is -0.444 e. The van der Waals surface area contributed by atoms with E-state index in [1.54, 1.807) is 32.9 Å². The maximum absolute atomic E-state index is 13.2. The van der Waals surface area contributed by atoms with Gasteiger partial charge < -0.3 is 18.8 Å². The highest BCUT2D eigenvalue weighted by Gasteiger charge is 2.53. The highest BCUT2D eigenvalue weighted by Crippen LogP contribution is 2.37. The molecule has 1 N–H and O–H groups in total. The highest BCUT2D eigenvalue weighted by atomic mass is 32.2. The van der Waals surface area contributed by atoms with Crippen LogP contribution in [0, 0.1) is 0 Å². The summed E-state index contributed by atoms with van der Waals surface area (Å²) in [6.45, 7) is 13.1. The molecular formula is C20H30BNO7S. The third kappa shape index (κ3) is 4.51. The zero-order valence-electron chi connectivity index (χ0n) is 18.6. The Morgan fingerprint density at radius 3 is 2.17 bits per heavy atom. The van der Waals surface area contributed by atoms with Crippen LogP contribution >= 0.6 is 0 Å². The molecule has 1 aromatic rings. The minimum atomic E-state index is -3.72. The molecule has 0 bridgehead atoms. The number of nitrogens with one attached hydrogen (secondary N) is 1. The van der Waals surface area contributed by atoms with Crippen LogP contribution < -0.4 is 10.8 Å². The molecule has 0 radical (unpaired) electrons. The van der Waals surface area contributed by atoms with Gasteiger partial charge >= 0.3 is 13.2 Å². The van der Waals surface area contributed by atoms with Crippen LogP contribution in [0.15, 0.2) is 23.1 Å². The Morgan fingerprint density at radius 1 is 1.13 bits per heavy atom. The van der Waals surface area contributed by atoms with Gasteiger partial charge in [-0.15, -0.1) is 0 Å². The van der Waals surface area contributed by atoms with E-state index in [9.17, 15) is 13.2 Å². The smallest absolute Gasteiger partial charge is 0.444 e. The first-order chi connectivity index (χ1) is 13.6. The van der Waals surface area contributed by atoms with Crippen LogP contribution in [0.2, 0.25) is 0 Å². The normalized spacial score (nSPS) is 21.2. The largest absolute Gasteiger partial charge is 0.496 e. The number of carbonyl (C=O) groups is 1. The Morgan fingerprint density at radius 2 is 1.70 bits per heavy atom. The van der Waals surface area contributed by atoms with Crippen LogP contribution in [-0.4, -0.2) is 56.9 Å². The molecule has 8 nitrogen and oxygen atoms in total. The number of rotatable bonds is 4. The van der Waals surface area contributed by atoms with Crippen molar-refractivity contribution in [2.24, 2.45) is 0 Å². The van der Waals surface area contributed by atoms with Crippen molar-refractivity contribution in [3.8, 4) is 0 Å². The zero-order chi connectivity index (χ0) is 22.5. The summed E-state index contributed by atoms with van der Waals surface area (Å²) in [5.74, 6) is 0. The maximum atomic E-state index is 13.2. The Kier molecular flexibility index (Phi) is 5.77. The Bertz CT molecular complexity index is 917. The van der Waals surface area contributed by atoms with Gasteiger partial charge in [0.25, 0.3) is 0 Å². The molecule has 2 saturated heterocycles. The van der Waals surface area contributed by atoms with E-state index in [1.165, 1.54) is 6.07 Å². The highest BCUT2D eigenvalue weighted by molar-refractivity contribution is 7.92. The van der Waals surface area contributed by atoms with Crippen molar-refractivity contribution in [3.63, 3.8) is 0 Å². The van der Waals surface area contributed by atoms with Crippen molar-refractivity contribution in [1.82, 2.24) is 0 Å². The van der Waals surface area contributed by atoms with E-state index in [0.717, 1.165) is 0 Å². The van der Waals surface area contributed by atoms with E-state index in [1.807, 2.05) is 27.7 Å². The summed E-state index contributed by atoms with van der Waals surface area (Å²) in [7, 11) is -4.57. The van der Waals surface area contributed by atoms with Crippen molar-refractivity contribution in [2.45, 2.75) is 75.4 Å². The standard InChI is InChI=1S/C20H30BNO7S/c1-18(2,3)27-17(23)22-13-8-9-15(21-28-19(4,5)20(6,7)29-21)16(10-13)30(24,25)14-11-26-12-14/h8-10,14H,11-12H2,1-7H3,(H,22,23). The van der Waals surface area contributed by atoms with Gasteiger partial charge in [0.2, 0.25) is 0 Å². The van der Waals surface area contributed by atoms with Gasteiger partial charge in [0.05, 0.1) is 29.3 Å². The molecule has 0 saturated carbocycles. The first-order valence-corrected chi connectivity index (χ1v) is 11.5. The third-order valence-electron chi connectivity index (χ3n) is 5.52. The molecule has 2 aliphatic heterocycles. The number of benzene rings is 1. The van der Waals surface area contributed by atoms with E-state index in [4.69, 9.17) is 18.8 Å². The Balaban J connectivity index is 1.98. The molecule has 2 fully saturated rings. The molecule has 0 aromatic heterocycles. The van der Waals surface area contributed by atoms with Crippen molar-refractivity contribution >= 4 is 34.2 Å². The lowest BCUT2D eigenvalue weighted by atomic mass is 9.79. The molecule has 2 aliphatic rings. The van der Waals surface area contributed by atoms with E-state index in [-0.39, 0.29) is 18.1 Å². The van der Waals surface area contributed by atoms with Gasteiger partial charge in [0.15, 0.2) is 9.84 Å². The summed E-state index contributed by atoms with van der Waals surface area (Å²) in [4.78, 5) is 12.2. The molecule has 166 valence electrons. The molecule has 30 heavy (non-hydrogen) atoms. The summed E-state index contributed by atoms with van der Waals surface area (Å²) >= 11 is 0. The minimum absolute atomic E-state index is 0.0582. The number of hydrogen-bond acceptors (Lipinski definition) is 7. The lowest BCUT2D eigenvalue weighted by Gasteiger charge is -2.32. The molecule has 10 heteroatoms. The number of sulfone groups is 1. The number of amides is 1. The van der Waals surface area contributed by atoms with Gasteiger partial charge in [-0.25, -0.2) is 13.2 Å². The summed E-state index contributed by atoms with van der Waals surface area (Å²) in [6.07, 6.45) is -0.666. The summed E-state index contributed by atoms with van der Waals surface area (Å²) in [6, 6.07) is 4.65. The predicted octanol–water partition coefficient (Wildman–Crippen LogP) is 2.51. The lowest BCUT2D eigenvalue weighted by Crippen LogP contribution is -2.45. The summed E-state index contributed by atoms with van der Waals surface area (Å²) in [5.41, 5.74) is -1.21. The van der Waals surface area contributed by atoms with Crippen LogP contribution in [0.1, 0.15) is 48.5 Å².